The van der Waals surface area contributed by atoms with Crippen LogP contribution in [0.4, 0.5) is 0 Å². The summed E-state index contributed by atoms with van der Waals surface area (Å²) in [5.74, 6) is -1.68. The zero-order valence-corrected chi connectivity index (χ0v) is 10.6. The van der Waals surface area contributed by atoms with Crippen molar-refractivity contribution in [3.8, 4) is 0 Å². The lowest BCUT2D eigenvalue weighted by Crippen LogP contribution is -2.60. The van der Waals surface area contributed by atoms with Crippen LogP contribution >= 0.6 is 0 Å². The number of carboxylic acids is 1. The first kappa shape index (κ1) is 13.3. The van der Waals surface area contributed by atoms with Crippen LogP contribution in [-0.4, -0.2) is 54.1 Å². The molecule has 0 spiro atoms. The van der Waals surface area contributed by atoms with Crippen molar-refractivity contribution in [3.05, 3.63) is 0 Å². The predicted octanol–water partition coefficient (Wildman–Crippen LogP) is -0.856. The molecule has 0 radical (unpaired) electrons. The van der Waals surface area contributed by atoms with Crippen LogP contribution in [0.2, 0.25) is 0 Å². The lowest BCUT2D eigenvalue weighted by atomic mass is 10.2. The van der Waals surface area contributed by atoms with Crippen molar-refractivity contribution in [1.82, 2.24) is 9.62 Å². The summed E-state index contributed by atoms with van der Waals surface area (Å²) < 4.78 is 25.5. The largest absolute Gasteiger partial charge is 0.480 e. The monoisotopic (exact) mass is 276 g/mol. The zero-order valence-electron chi connectivity index (χ0n) is 9.83. The molecule has 1 aliphatic heterocycles. The Morgan fingerprint density at radius 1 is 1.33 bits per heavy atom. The van der Waals surface area contributed by atoms with Crippen molar-refractivity contribution in [2.45, 2.75) is 37.0 Å². The van der Waals surface area contributed by atoms with Gasteiger partial charge in [0.2, 0.25) is 15.9 Å². The Balaban J connectivity index is 2.26. The topological polar surface area (TPSA) is 104 Å². The van der Waals surface area contributed by atoms with E-state index < -0.39 is 39.7 Å². The van der Waals surface area contributed by atoms with Gasteiger partial charge >= 0.3 is 5.97 Å². The van der Waals surface area contributed by atoms with Crippen molar-refractivity contribution in [2.24, 2.45) is 0 Å². The third kappa shape index (κ3) is 2.35. The molecule has 1 amide bonds. The second kappa shape index (κ2) is 4.85. The fourth-order valence-electron chi connectivity index (χ4n) is 2.48. The van der Waals surface area contributed by atoms with Gasteiger partial charge in [-0.25, -0.2) is 8.42 Å². The van der Waals surface area contributed by atoms with Crippen LogP contribution in [0.3, 0.4) is 0 Å². The molecular weight excluding hydrogens is 260 g/mol. The third-order valence-electron chi connectivity index (χ3n) is 3.48. The Hall–Kier alpha value is -1.15. The number of nitrogens with zero attached hydrogens (tertiary/aromatic N) is 1. The highest BCUT2D eigenvalue weighted by Crippen LogP contribution is 2.28. The molecule has 8 heteroatoms. The molecule has 1 heterocycles. The first-order chi connectivity index (χ1) is 8.43. The SMILES string of the molecule is O=C1CN(S(=O)(=O)C2CCCC2)C(C(=O)O)CN1. The molecule has 0 bridgehead atoms. The van der Waals surface area contributed by atoms with Gasteiger partial charge in [0.15, 0.2) is 0 Å². The van der Waals surface area contributed by atoms with Crippen LogP contribution in [0.1, 0.15) is 25.7 Å². The molecule has 0 aromatic rings. The van der Waals surface area contributed by atoms with E-state index in [0.29, 0.717) is 12.8 Å². The Morgan fingerprint density at radius 3 is 2.50 bits per heavy atom. The molecule has 1 saturated heterocycles. The normalized spacial score (nSPS) is 27.1. The van der Waals surface area contributed by atoms with Crippen molar-refractivity contribution in [3.63, 3.8) is 0 Å². The number of carbonyl (C=O) groups is 2. The maximum Gasteiger partial charge on any atom is 0.323 e. The van der Waals surface area contributed by atoms with Gasteiger partial charge in [0.25, 0.3) is 0 Å². The molecule has 1 aliphatic carbocycles. The van der Waals surface area contributed by atoms with Gasteiger partial charge in [0.05, 0.1) is 11.8 Å². The molecule has 2 aliphatic rings. The van der Waals surface area contributed by atoms with E-state index >= 15 is 0 Å². The van der Waals surface area contributed by atoms with E-state index in [2.05, 4.69) is 5.32 Å². The Morgan fingerprint density at radius 2 is 1.94 bits per heavy atom. The smallest absolute Gasteiger partial charge is 0.323 e. The summed E-state index contributed by atoms with van der Waals surface area (Å²) in [5.41, 5.74) is 0. The van der Waals surface area contributed by atoms with Gasteiger partial charge in [-0.3, -0.25) is 9.59 Å². The Bertz CT molecular complexity index is 455. The van der Waals surface area contributed by atoms with Crippen LogP contribution in [0.15, 0.2) is 0 Å². The number of hydrogen-bond donors (Lipinski definition) is 2. The van der Waals surface area contributed by atoms with Gasteiger partial charge in [-0.05, 0) is 12.8 Å². The molecular formula is C10H16N2O5S. The number of carboxylic acid groups (broad SMARTS) is 1. The number of sulfonamides is 1. The minimum absolute atomic E-state index is 0.167. The highest BCUT2D eigenvalue weighted by Gasteiger charge is 2.43. The summed E-state index contributed by atoms with van der Waals surface area (Å²) in [7, 11) is -3.70. The van der Waals surface area contributed by atoms with Crippen LogP contribution in [-0.2, 0) is 19.6 Å². The first-order valence-electron chi connectivity index (χ1n) is 5.93. The van der Waals surface area contributed by atoms with Crippen LogP contribution in [0.25, 0.3) is 0 Å². The average molecular weight is 276 g/mol. The molecule has 1 unspecified atom stereocenters. The van der Waals surface area contributed by atoms with E-state index in [0.717, 1.165) is 17.1 Å². The van der Waals surface area contributed by atoms with E-state index in [4.69, 9.17) is 5.11 Å². The molecule has 7 nitrogen and oxygen atoms in total. The number of rotatable bonds is 3. The summed E-state index contributed by atoms with van der Waals surface area (Å²) in [4.78, 5) is 22.4. The van der Waals surface area contributed by atoms with Crippen molar-refractivity contribution in [2.75, 3.05) is 13.1 Å². The highest BCUT2D eigenvalue weighted by atomic mass is 32.2. The van der Waals surface area contributed by atoms with Gasteiger partial charge in [0, 0.05) is 6.54 Å². The maximum absolute atomic E-state index is 12.3. The van der Waals surface area contributed by atoms with Gasteiger partial charge in [-0.2, -0.15) is 4.31 Å². The summed E-state index contributed by atoms with van der Waals surface area (Å²) >= 11 is 0. The summed E-state index contributed by atoms with van der Waals surface area (Å²) in [6.45, 7) is -0.560. The summed E-state index contributed by atoms with van der Waals surface area (Å²) in [5, 5.41) is 10.9. The quantitative estimate of drug-likeness (QED) is 0.698. The molecule has 18 heavy (non-hydrogen) atoms. The number of nitrogens with one attached hydrogen (secondary N) is 1. The maximum atomic E-state index is 12.3. The van der Waals surface area contributed by atoms with E-state index in [-0.39, 0.29) is 6.54 Å². The zero-order chi connectivity index (χ0) is 13.3. The number of aliphatic carboxylic acids is 1. The molecule has 2 fully saturated rings. The van der Waals surface area contributed by atoms with E-state index in [9.17, 15) is 18.0 Å². The average Bonchev–Trinajstić information content (AvgIpc) is 2.82. The Labute approximate surface area is 105 Å². The second-order valence-electron chi connectivity index (χ2n) is 4.65. The molecule has 102 valence electrons. The van der Waals surface area contributed by atoms with Gasteiger partial charge < -0.3 is 10.4 Å². The predicted molar refractivity (Wildman–Crippen MR) is 62.3 cm³/mol. The lowest BCUT2D eigenvalue weighted by molar-refractivity contribution is -0.143. The lowest BCUT2D eigenvalue weighted by Gasteiger charge is -2.33. The minimum Gasteiger partial charge on any atom is -0.480 e. The first-order valence-corrected chi connectivity index (χ1v) is 7.43. The molecule has 1 atom stereocenters. The standard InChI is InChI=1S/C10H16N2O5S/c13-9-6-12(8(5-11-9)10(14)15)18(16,17)7-3-1-2-4-7/h7-8H,1-6H2,(H,11,13)(H,14,15). The van der Waals surface area contributed by atoms with Gasteiger partial charge in [-0.1, -0.05) is 12.8 Å². The van der Waals surface area contributed by atoms with Crippen molar-refractivity contribution in [1.29, 1.82) is 0 Å². The fourth-order valence-corrected chi connectivity index (χ4v) is 4.60. The van der Waals surface area contributed by atoms with Gasteiger partial charge in [0.1, 0.15) is 6.04 Å². The van der Waals surface area contributed by atoms with Crippen LogP contribution < -0.4 is 5.32 Å². The van der Waals surface area contributed by atoms with Crippen molar-refractivity contribution >= 4 is 21.9 Å². The van der Waals surface area contributed by atoms with E-state index in [1.165, 1.54) is 0 Å². The summed E-state index contributed by atoms with van der Waals surface area (Å²) in [6.07, 6.45) is 2.77. The number of amides is 1. The molecule has 2 N–H and O–H groups in total. The number of piperazine rings is 1. The van der Waals surface area contributed by atoms with Crippen LogP contribution in [0, 0.1) is 0 Å². The van der Waals surface area contributed by atoms with Crippen LogP contribution in [0.5, 0.6) is 0 Å². The second-order valence-corrected chi connectivity index (χ2v) is 6.82. The fraction of sp³-hybridized carbons (Fsp3) is 0.800. The molecule has 2 rings (SSSR count). The molecule has 1 saturated carbocycles. The number of carbonyl (C=O) groups excluding carboxylic acids is 1. The summed E-state index contributed by atoms with van der Waals surface area (Å²) in [6, 6.07) is -1.19. The molecule has 0 aromatic heterocycles. The minimum atomic E-state index is -3.70. The van der Waals surface area contributed by atoms with Gasteiger partial charge in [-0.15, -0.1) is 0 Å². The third-order valence-corrected chi connectivity index (χ3v) is 5.83. The van der Waals surface area contributed by atoms with E-state index in [1.807, 2.05) is 0 Å². The molecule has 0 aromatic carbocycles. The number of hydrogen-bond acceptors (Lipinski definition) is 4. The highest BCUT2D eigenvalue weighted by molar-refractivity contribution is 7.89. The Kier molecular flexibility index (Phi) is 3.58. The van der Waals surface area contributed by atoms with E-state index in [1.54, 1.807) is 0 Å². The van der Waals surface area contributed by atoms with Crippen molar-refractivity contribution < 1.29 is 23.1 Å².